The van der Waals surface area contributed by atoms with Crippen molar-refractivity contribution in [3.8, 4) is 0 Å². The first kappa shape index (κ1) is 14.4. The number of hydrogen-bond acceptors (Lipinski definition) is 3. The Labute approximate surface area is 105 Å². The van der Waals surface area contributed by atoms with Crippen LogP contribution in [0.25, 0.3) is 0 Å². The largest absolute Gasteiger partial charge is 0.395 e. The van der Waals surface area contributed by atoms with Crippen LogP contribution in [0.1, 0.15) is 45.4 Å². The molecule has 1 heterocycles. The normalized spacial score (nSPS) is 20.7. The molecule has 3 heteroatoms. The van der Waals surface area contributed by atoms with Gasteiger partial charge in [-0.2, -0.15) is 0 Å². The Morgan fingerprint density at radius 2 is 2.18 bits per heavy atom. The molecule has 1 N–H and O–H groups in total. The molecular weight excluding hydrogens is 212 g/mol. The highest BCUT2D eigenvalue weighted by Crippen LogP contribution is 2.14. The molecule has 0 amide bonds. The van der Waals surface area contributed by atoms with Crippen molar-refractivity contribution in [1.82, 2.24) is 4.90 Å². The van der Waals surface area contributed by atoms with E-state index in [0.717, 1.165) is 19.5 Å². The smallest absolute Gasteiger partial charge is 0.102 e. The first-order valence-electron chi connectivity index (χ1n) is 6.90. The van der Waals surface area contributed by atoms with Crippen molar-refractivity contribution in [1.29, 1.82) is 0 Å². The third-order valence-electron chi connectivity index (χ3n) is 3.11. The monoisotopic (exact) mass is 238 g/mol. The second kappa shape index (κ2) is 9.37. The average molecular weight is 238 g/mol. The van der Waals surface area contributed by atoms with Gasteiger partial charge in [0.05, 0.1) is 6.61 Å². The van der Waals surface area contributed by atoms with Crippen molar-refractivity contribution < 1.29 is 5.11 Å². The summed E-state index contributed by atoms with van der Waals surface area (Å²) in [7, 11) is 0. The maximum absolute atomic E-state index is 8.93. The van der Waals surface area contributed by atoms with Gasteiger partial charge in [-0.25, -0.2) is 0 Å². The van der Waals surface area contributed by atoms with E-state index in [4.69, 9.17) is 5.11 Å². The number of aliphatic hydroxyl groups is 1. The van der Waals surface area contributed by atoms with Crippen LogP contribution in [-0.2, 0) is 0 Å². The molecule has 1 unspecified atom stereocenters. The molecule has 0 spiro atoms. The second-order valence-corrected chi connectivity index (χ2v) is 4.58. The van der Waals surface area contributed by atoms with Crippen LogP contribution >= 0.6 is 0 Å². The highest BCUT2D eigenvalue weighted by molar-refractivity contribution is 5.62. The van der Waals surface area contributed by atoms with Crippen molar-refractivity contribution in [2.24, 2.45) is 4.99 Å². The molecule has 17 heavy (non-hydrogen) atoms. The van der Waals surface area contributed by atoms with E-state index in [0.29, 0.717) is 6.17 Å². The number of aliphatic imine (C=N–C) groups is 1. The SMILES string of the molecule is CCC/C=C/CCCCC1N=CCN1CCO. The van der Waals surface area contributed by atoms with Crippen molar-refractivity contribution in [2.45, 2.75) is 51.6 Å². The van der Waals surface area contributed by atoms with Gasteiger partial charge >= 0.3 is 0 Å². The van der Waals surface area contributed by atoms with Crippen LogP contribution in [0, 0.1) is 0 Å². The summed E-state index contributed by atoms with van der Waals surface area (Å²) in [4.78, 5) is 6.70. The molecule has 98 valence electrons. The zero-order valence-electron chi connectivity index (χ0n) is 11.0. The number of allylic oxidation sites excluding steroid dienone is 2. The van der Waals surface area contributed by atoms with Gasteiger partial charge in [-0.15, -0.1) is 0 Å². The van der Waals surface area contributed by atoms with Gasteiger partial charge in [0.25, 0.3) is 0 Å². The summed E-state index contributed by atoms with van der Waals surface area (Å²) in [5.74, 6) is 0. The molecule has 0 radical (unpaired) electrons. The number of β-amino-alcohol motifs (C(OH)–C–C–N with tert-alkyl or cyclic N) is 1. The highest BCUT2D eigenvalue weighted by Gasteiger charge is 2.19. The van der Waals surface area contributed by atoms with Crippen LogP contribution in [0.3, 0.4) is 0 Å². The highest BCUT2D eigenvalue weighted by atomic mass is 16.3. The van der Waals surface area contributed by atoms with E-state index in [1.54, 1.807) is 0 Å². The van der Waals surface area contributed by atoms with E-state index in [1.165, 1.54) is 32.1 Å². The maximum Gasteiger partial charge on any atom is 0.102 e. The summed E-state index contributed by atoms with van der Waals surface area (Å²) in [5.41, 5.74) is 0. The Morgan fingerprint density at radius 1 is 1.35 bits per heavy atom. The van der Waals surface area contributed by atoms with Crippen LogP contribution < -0.4 is 0 Å². The fourth-order valence-corrected chi connectivity index (χ4v) is 2.11. The number of rotatable bonds is 9. The Morgan fingerprint density at radius 3 is 2.94 bits per heavy atom. The zero-order chi connectivity index (χ0) is 12.3. The lowest BCUT2D eigenvalue weighted by Crippen LogP contribution is -2.32. The Balaban J connectivity index is 2.03. The zero-order valence-corrected chi connectivity index (χ0v) is 11.0. The molecule has 3 nitrogen and oxygen atoms in total. The molecule has 0 aromatic rings. The number of unbranched alkanes of at least 4 members (excludes halogenated alkanes) is 3. The third kappa shape index (κ3) is 5.99. The van der Waals surface area contributed by atoms with Crippen molar-refractivity contribution in [3.05, 3.63) is 12.2 Å². The number of aliphatic hydroxyl groups excluding tert-OH is 1. The fraction of sp³-hybridized carbons (Fsp3) is 0.786. The minimum Gasteiger partial charge on any atom is -0.395 e. The van der Waals surface area contributed by atoms with E-state index < -0.39 is 0 Å². The molecule has 0 fully saturated rings. The average Bonchev–Trinajstić information content (AvgIpc) is 2.76. The minimum atomic E-state index is 0.236. The molecule has 1 aliphatic heterocycles. The summed E-state index contributed by atoms with van der Waals surface area (Å²) in [6.07, 6.45) is 14.1. The number of nitrogens with zero attached hydrogens (tertiary/aromatic N) is 2. The fourth-order valence-electron chi connectivity index (χ4n) is 2.11. The first-order valence-corrected chi connectivity index (χ1v) is 6.90. The van der Waals surface area contributed by atoms with E-state index in [9.17, 15) is 0 Å². The lowest BCUT2D eigenvalue weighted by molar-refractivity contribution is 0.176. The molecular formula is C14H26N2O. The first-order chi connectivity index (χ1) is 8.38. The Kier molecular flexibility index (Phi) is 7.93. The van der Waals surface area contributed by atoms with Gasteiger partial charge in [-0.05, 0) is 32.1 Å². The molecule has 0 bridgehead atoms. The quantitative estimate of drug-likeness (QED) is 0.495. The lowest BCUT2D eigenvalue weighted by Gasteiger charge is -2.21. The molecule has 0 saturated carbocycles. The van der Waals surface area contributed by atoms with E-state index in [1.807, 2.05) is 6.21 Å². The third-order valence-corrected chi connectivity index (χ3v) is 3.11. The Hall–Kier alpha value is -0.670. The second-order valence-electron chi connectivity index (χ2n) is 4.58. The summed E-state index contributed by atoms with van der Waals surface area (Å²) < 4.78 is 0. The lowest BCUT2D eigenvalue weighted by atomic mass is 10.1. The molecule has 0 saturated heterocycles. The molecule has 1 aliphatic rings. The summed E-state index contributed by atoms with van der Waals surface area (Å²) in [5, 5.41) is 8.93. The number of hydrogen-bond donors (Lipinski definition) is 1. The standard InChI is InChI=1S/C14H26N2O/c1-2-3-4-5-6-7-8-9-14-15-10-11-16(14)12-13-17/h4-5,10,14,17H,2-3,6-9,11-13H2,1H3/b5-4+. The predicted molar refractivity (Wildman–Crippen MR) is 73.5 cm³/mol. The van der Waals surface area contributed by atoms with Crippen molar-refractivity contribution in [2.75, 3.05) is 19.7 Å². The molecule has 0 aromatic carbocycles. The van der Waals surface area contributed by atoms with Crippen LogP contribution in [0.4, 0.5) is 0 Å². The summed E-state index contributed by atoms with van der Waals surface area (Å²) in [6.45, 7) is 4.10. The predicted octanol–water partition coefficient (Wildman–Crippen LogP) is 2.61. The van der Waals surface area contributed by atoms with Gasteiger partial charge in [0, 0.05) is 19.3 Å². The minimum absolute atomic E-state index is 0.236. The van der Waals surface area contributed by atoms with Crippen LogP contribution in [-0.4, -0.2) is 42.1 Å². The summed E-state index contributed by atoms with van der Waals surface area (Å²) in [6, 6.07) is 0. The van der Waals surface area contributed by atoms with Gasteiger partial charge in [0.1, 0.15) is 6.17 Å². The van der Waals surface area contributed by atoms with Crippen LogP contribution in [0.15, 0.2) is 17.1 Å². The summed E-state index contributed by atoms with van der Waals surface area (Å²) >= 11 is 0. The van der Waals surface area contributed by atoms with Gasteiger partial charge in [-0.1, -0.05) is 25.5 Å². The van der Waals surface area contributed by atoms with E-state index in [2.05, 4.69) is 29.0 Å². The molecule has 1 rings (SSSR count). The van der Waals surface area contributed by atoms with Gasteiger partial charge < -0.3 is 5.11 Å². The molecule has 0 aromatic heterocycles. The van der Waals surface area contributed by atoms with E-state index in [-0.39, 0.29) is 6.61 Å². The van der Waals surface area contributed by atoms with Crippen molar-refractivity contribution in [3.63, 3.8) is 0 Å². The topological polar surface area (TPSA) is 35.8 Å². The molecule has 1 atom stereocenters. The van der Waals surface area contributed by atoms with E-state index >= 15 is 0 Å². The maximum atomic E-state index is 8.93. The Bertz CT molecular complexity index is 238. The van der Waals surface area contributed by atoms with Gasteiger partial charge in [0.15, 0.2) is 0 Å². The van der Waals surface area contributed by atoms with Gasteiger partial charge in [0.2, 0.25) is 0 Å². The van der Waals surface area contributed by atoms with Crippen LogP contribution in [0.5, 0.6) is 0 Å². The molecule has 0 aliphatic carbocycles. The van der Waals surface area contributed by atoms with Crippen molar-refractivity contribution >= 4 is 6.21 Å². The van der Waals surface area contributed by atoms with Gasteiger partial charge in [-0.3, -0.25) is 9.89 Å². The van der Waals surface area contributed by atoms with Crippen LogP contribution in [0.2, 0.25) is 0 Å².